The summed E-state index contributed by atoms with van der Waals surface area (Å²) < 4.78 is 5.36. The van der Waals surface area contributed by atoms with Crippen molar-refractivity contribution in [3.8, 4) is 0 Å². The number of likely N-dealkylation sites (N-methyl/N-ethyl adjacent to an activating group) is 1. The molecule has 2 N–H and O–H groups in total. The zero-order valence-corrected chi connectivity index (χ0v) is 11.4. The molecule has 6 nitrogen and oxygen atoms in total. The Hall–Kier alpha value is -1.14. The SMILES string of the molecule is CC(C)CNC(=O)CN(C)C(=O)C1CNCCO1. The lowest BCUT2D eigenvalue weighted by molar-refractivity contribution is -0.146. The first-order valence-electron chi connectivity index (χ1n) is 6.34. The average Bonchev–Trinajstić information content (AvgIpc) is 2.36. The third kappa shape index (κ3) is 5.01. The van der Waals surface area contributed by atoms with E-state index in [0.717, 1.165) is 6.54 Å². The van der Waals surface area contributed by atoms with Gasteiger partial charge in [-0.1, -0.05) is 13.8 Å². The fourth-order valence-electron chi connectivity index (χ4n) is 1.64. The van der Waals surface area contributed by atoms with E-state index in [1.54, 1.807) is 7.05 Å². The van der Waals surface area contributed by atoms with Crippen LogP contribution in [-0.4, -0.2) is 62.7 Å². The highest BCUT2D eigenvalue weighted by molar-refractivity contribution is 5.87. The third-order valence-corrected chi connectivity index (χ3v) is 2.67. The van der Waals surface area contributed by atoms with Gasteiger partial charge in [0.15, 0.2) is 0 Å². The Kier molecular flexibility index (Phi) is 6.07. The number of amides is 2. The van der Waals surface area contributed by atoms with Crippen molar-refractivity contribution in [2.24, 2.45) is 5.92 Å². The van der Waals surface area contributed by atoms with Gasteiger partial charge >= 0.3 is 0 Å². The van der Waals surface area contributed by atoms with Crippen molar-refractivity contribution in [2.45, 2.75) is 20.0 Å². The first-order chi connectivity index (χ1) is 8.50. The van der Waals surface area contributed by atoms with Crippen LogP contribution in [0.4, 0.5) is 0 Å². The summed E-state index contributed by atoms with van der Waals surface area (Å²) in [6.07, 6.45) is -0.471. The van der Waals surface area contributed by atoms with Gasteiger partial charge in [0.25, 0.3) is 5.91 Å². The van der Waals surface area contributed by atoms with Crippen molar-refractivity contribution in [3.05, 3.63) is 0 Å². The molecule has 0 aromatic rings. The Morgan fingerprint density at radius 1 is 1.50 bits per heavy atom. The van der Waals surface area contributed by atoms with Crippen LogP contribution in [-0.2, 0) is 14.3 Å². The molecule has 1 aliphatic rings. The smallest absolute Gasteiger partial charge is 0.253 e. The highest BCUT2D eigenvalue weighted by Gasteiger charge is 2.25. The lowest BCUT2D eigenvalue weighted by atomic mass is 10.2. The molecular weight excluding hydrogens is 234 g/mol. The number of nitrogens with zero attached hydrogens (tertiary/aromatic N) is 1. The predicted octanol–water partition coefficient (Wildman–Crippen LogP) is -0.795. The fourth-order valence-corrected chi connectivity index (χ4v) is 1.64. The number of hydrogen-bond acceptors (Lipinski definition) is 4. The fraction of sp³-hybridized carbons (Fsp3) is 0.833. The first-order valence-corrected chi connectivity index (χ1v) is 6.34. The number of nitrogens with one attached hydrogen (secondary N) is 2. The maximum atomic E-state index is 12.0. The molecule has 1 aliphatic heterocycles. The van der Waals surface area contributed by atoms with Gasteiger partial charge in [-0.15, -0.1) is 0 Å². The summed E-state index contributed by atoms with van der Waals surface area (Å²) in [4.78, 5) is 24.9. The Morgan fingerprint density at radius 2 is 2.22 bits per heavy atom. The van der Waals surface area contributed by atoms with Crippen molar-refractivity contribution >= 4 is 11.8 Å². The summed E-state index contributed by atoms with van der Waals surface area (Å²) in [6, 6.07) is 0. The van der Waals surface area contributed by atoms with Gasteiger partial charge in [0.05, 0.1) is 13.2 Å². The van der Waals surface area contributed by atoms with Crippen LogP contribution < -0.4 is 10.6 Å². The summed E-state index contributed by atoms with van der Waals surface area (Å²) in [6.45, 7) is 6.56. The van der Waals surface area contributed by atoms with Gasteiger partial charge in [0.2, 0.25) is 5.91 Å². The molecule has 0 radical (unpaired) electrons. The Balaban J connectivity index is 2.32. The van der Waals surface area contributed by atoms with Gasteiger partial charge in [-0.3, -0.25) is 9.59 Å². The van der Waals surface area contributed by atoms with E-state index in [1.165, 1.54) is 4.90 Å². The van der Waals surface area contributed by atoms with Crippen LogP contribution >= 0.6 is 0 Å². The van der Waals surface area contributed by atoms with E-state index in [9.17, 15) is 9.59 Å². The van der Waals surface area contributed by atoms with Crippen LogP contribution in [0, 0.1) is 5.92 Å². The Bertz CT molecular complexity index is 288. The van der Waals surface area contributed by atoms with Crippen molar-refractivity contribution in [3.63, 3.8) is 0 Å². The second-order valence-corrected chi connectivity index (χ2v) is 4.96. The monoisotopic (exact) mass is 257 g/mol. The minimum absolute atomic E-state index is 0.0748. The van der Waals surface area contributed by atoms with Crippen LogP contribution in [0.2, 0.25) is 0 Å². The molecule has 2 amide bonds. The van der Waals surface area contributed by atoms with E-state index in [4.69, 9.17) is 4.74 Å². The topological polar surface area (TPSA) is 70.7 Å². The number of carbonyl (C=O) groups excluding carboxylic acids is 2. The molecule has 1 saturated heterocycles. The molecule has 18 heavy (non-hydrogen) atoms. The summed E-state index contributed by atoms with van der Waals surface area (Å²) >= 11 is 0. The Morgan fingerprint density at radius 3 is 2.78 bits per heavy atom. The van der Waals surface area contributed by atoms with E-state index >= 15 is 0 Å². The molecule has 0 aliphatic carbocycles. The Labute approximate surface area is 108 Å². The molecule has 0 aromatic carbocycles. The summed E-state index contributed by atoms with van der Waals surface area (Å²) in [7, 11) is 1.62. The molecule has 0 saturated carbocycles. The first kappa shape index (κ1) is 14.9. The van der Waals surface area contributed by atoms with Crippen LogP contribution in [0.15, 0.2) is 0 Å². The highest BCUT2D eigenvalue weighted by Crippen LogP contribution is 2.00. The number of ether oxygens (including phenoxy) is 1. The van der Waals surface area contributed by atoms with E-state index in [2.05, 4.69) is 10.6 Å². The molecule has 0 aromatic heterocycles. The van der Waals surface area contributed by atoms with Crippen LogP contribution in [0.1, 0.15) is 13.8 Å². The van der Waals surface area contributed by atoms with Gasteiger partial charge in [0, 0.05) is 26.7 Å². The molecule has 1 rings (SSSR count). The number of rotatable bonds is 5. The zero-order valence-electron chi connectivity index (χ0n) is 11.4. The normalized spacial score (nSPS) is 19.7. The third-order valence-electron chi connectivity index (χ3n) is 2.67. The van der Waals surface area contributed by atoms with E-state index < -0.39 is 6.10 Å². The van der Waals surface area contributed by atoms with Crippen LogP contribution in [0.3, 0.4) is 0 Å². The number of morpholine rings is 1. The minimum atomic E-state index is -0.471. The van der Waals surface area contributed by atoms with E-state index in [1.807, 2.05) is 13.8 Å². The number of carbonyl (C=O) groups is 2. The highest BCUT2D eigenvalue weighted by atomic mass is 16.5. The van der Waals surface area contributed by atoms with E-state index in [0.29, 0.717) is 25.6 Å². The van der Waals surface area contributed by atoms with Gasteiger partial charge in [-0.2, -0.15) is 0 Å². The lowest BCUT2D eigenvalue weighted by Crippen LogP contribution is -2.50. The molecule has 0 spiro atoms. The molecule has 6 heteroatoms. The molecule has 104 valence electrons. The maximum Gasteiger partial charge on any atom is 0.253 e. The van der Waals surface area contributed by atoms with Gasteiger partial charge in [0.1, 0.15) is 6.10 Å². The van der Waals surface area contributed by atoms with Crippen LogP contribution in [0.25, 0.3) is 0 Å². The number of hydrogen-bond donors (Lipinski definition) is 2. The molecule has 1 atom stereocenters. The lowest BCUT2D eigenvalue weighted by Gasteiger charge is -2.27. The van der Waals surface area contributed by atoms with Crippen molar-refractivity contribution in [1.82, 2.24) is 15.5 Å². The van der Waals surface area contributed by atoms with Gasteiger partial charge < -0.3 is 20.3 Å². The van der Waals surface area contributed by atoms with Crippen molar-refractivity contribution < 1.29 is 14.3 Å². The largest absolute Gasteiger partial charge is 0.366 e. The molecule has 0 bridgehead atoms. The molecular formula is C12H23N3O3. The zero-order chi connectivity index (χ0) is 13.5. The second-order valence-electron chi connectivity index (χ2n) is 4.96. The van der Waals surface area contributed by atoms with Crippen molar-refractivity contribution in [2.75, 3.05) is 39.8 Å². The quantitative estimate of drug-likeness (QED) is 0.677. The maximum absolute atomic E-state index is 12.0. The van der Waals surface area contributed by atoms with E-state index in [-0.39, 0.29) is 18.4 Å². The predicted molar refractivity (Wildman–Crippen MR) is 68.1 cm³/mol. The molecule has 1 heterocycles. The van der Waals surface area contributed by atoms with Crippen molar-refractivity contribution in [1.29, 1.82) is 0 Å². The van der Waals surface area contributed by atoms with Gasteiger partial charge in [-0.25, -0.2) is 0 Å². The summed E-state index contributed by atoms with van der Waals surface area (Å²) in [5, 5.41) is 5.87. The molecule has 1 fully saturated rings. The second kappa shape index (κ2) is 7.33. The average molecular weight is 257 g/mol. The summed E-state index contributed by atoms with van der Waals surface area (Å²) in [5.74, 6) is 0.117. The minimum Gasteiger partial charge on any atom is -0.366 e. The van der Waals surface area contributed by atoms with Crippen LogP contribution in [0.5, 0.6) is 0 Å². The summed E-state index contributed by atoms with van der Waals surface area (Å²) in [5.41, 5.74) is 0. The standard InChI is InChI=1S/C12H23N3O3/c1-9(2)6-14-11(16)8-15(3)12(17)10-7-13-4-5-18-10/h9-10,13H,4-8H2,1-3H3,(H,14,16). The molecule has 1 unspecified atom stereocenters. The van der Waals surface area contributed by atoms with Gasteiger partial charge in [-0.05, 0) is 5.92 Å².